The van der Waals surface area contributed by atoms with Gasteiger partial charge in [-0.1, -0.05) is 45.0 Å². The van der Waals surface area contributed by atoms with Gasteiger partial charge in [-0.2, -0.15) is 4.98 Å². The smallest absolute Gasteiger partial charge is 0.322 e. The van der Waals surface area contributed by atoms with Crippen molar-refractivity contribution in [3.63, 3.8) is 0 Å². The zero-order valence-electron chi connectivity index (χ0n) is 21.7. The lowest BCUT2D eigenvalue weighted by molar-refractivity contribution is 0.205. The van der Waals surface area contributed by atoms with Crippen LogP contribution in [-0.4, -0.2) is 40.5 Å². The topological polar surface area (TPSA) is 70.6 Å². The summed E-state index contributed by atoms with van der Waals surface area (Å²) in [6.45, 7) is 9.10. The predicted molar refractivity (Wildman–Crippen MR) is 143 cm³/mol. The Kier molecular flexibility index (Phi) is 7.26. The van der Waals surface area contributed by atoms with Crippen molar-refractivity contribution in [3.05, 3.63) is 71.2 Å². The van der Waals surface area contributed by atoms with Gasteiger partial charge in [-0.3, -0.25) is 0 Å². The Morgan fingerprint density at radius 1 is 1.05 bits per heavy atom. The number of carbonyl (C=O) groups excluding carboxylic acids is 1. The second-order valence-electron chi connectivity index (χ2n) is 10.3. The second-order valence-corrected chi connectivity index (χ2v) is 10.3. The molecule has 1 N–H and O–H groups in total. The number of carbonyl (C=O) groups is 1. The van der Waals surface area contributed by atoms with Crippen LogP contribution in [0.2, 0.25) is 0 Å². The molecule has 0 radical (unpaired) electrons. The summed E-state index contributed by atoms with van der Waals surface area (Å²) >= 11 is 0. The Labute approximate surface area is 217 Å². The molecule has 3 heterocycles. The number of urea groups is 1. The van der Waals surface area contributed by atoms with Crippen LogP contribution in [0.4, 0.5) is 20.8 Å². The molecule has 1 saturated heterocycles. The van der Waals surface area contributed by atoms with Crippen LogP contribution in [0.3, 0.4) is 0 Å². The Hall–Kier alpha value is -3.68. The molecular formula is C29H34FN5O2. The van der Waals surface area contributed by atoms with E-state index in [-0.39, 0.29) is 18.3 Å². The molecule has 2 aliphatic rings. The molecule has 2 aromatic carbocycles. The van der Waals surface area contributed by atoms with E-state index in [1.165, 1.54) is 11.6 Å². The number of nitrogens with zero attached hydrogens (tertiary/aromatic N) is 4. The number of piperidine rings is 1. The summed E-state index contributed by atoms with van der Waals surface area (Å²) in [6, 6.07) is 14.0. The Morgan fingerprint density at radius 2 is 1.78 bits per heavy atom. The Balaban J connectivity index is 1.40. The van der Waals surface area contributed by atoms with Crippen LogP contribution in [0.15, 0.2) is 48.5 Å². The van der Waals surface area contributed by atoms with Gasteiger partial charge in [-0.15, -0.1) is 0 Å². The van der Waals surface area contributed by atoms with E-state index in [2.05, 4.69) is 31.0 Å². The van der Waals surface area contributed by atoms with Crippen molar-refractivity contribution in [1.29, 1.82) is 0 Å². The number of hydrogen-bond donors (Lipinski definition) is 1. The molecule has 3 aromatic rings. The number of para-hydroxylation sites is 1. The van der Waals surface area contributed by atoms with Gasteiger partial charge in [-0.25, -0.2) is 14.2 Å². The van der Waals surface area contributed by atoms with Crippen molar-refractivity contribution in [2.75, 3.05) is 29.9 Å². The minimum absolute atomic E-state index is 0.105. The van der Waals surface area contributed by atoms with E-state index >= 15 is 0 Å². The highest BCUT2D eigenvalue weighted by atomic mass is 19.1. The van der Waals surface area contributed by atoms with Crippen molar-refractivity contribution >= 4 is 17.7 Å². The average Bonchev–Trinajstić information content (AvgIpc) is 2.90. The van der Waals surface area contributed by atoms with Gasteiger partial charge in [0.1, 0.15) is 0 Å². The predicted octanol–water partition coefficient (Wildman–Crippen LogP) is 6.36. The number of ether oxygens (including phenoxy) is 1. The van der Waals surface area contributed by atoms with Gasteiger partial charge in [0.25, 0.3) is 0 Å². The van der Waals surface area contributed by atoms with E-state index in [0.717, 1.165) is 37.3 Å². The number of amides is 2. The molecule has 194 valence electrons. The molecule has 0 spiro atoms. The Morgan fingerprint density at radius 3 is 2.49 bits per heavy atom. The molecule has 7 nitrogen and oxygen atoms in total. The quantitative estimate of drug-likeness (QED) is 0.439. The summed E-state index contributed by atoms with van der Waals surface area (Å²) < 4.78 is 20.5. The highest BCUT2D eigenvalue weighted by Crippen LogP contribution is 2.33. The lowest BCUT2D eigenvalue weighted by Crippen LogP contribution is -2.40. The summed E-state index contributed by atoms with van der Waals surface area (Å²) in [5.74, 6) is 1.67. The van der Waals surface area contributed by atoms with E-state index < -0.39 is 5.82 Å². The minimum atomic E-state index is -0.460. The number of aromatic nitrogens is 2. The van der Waals surface area contributed by atoms with Gasteiger partial charge in [0.05, 0.1) is 17.8 Å². The van der Waals surface area contributed by atoms with Crippen LogP contribution in [-0.2, 0) is 13.0 Å². The van der Waals surface area contributed by atoms with E-state index in [9.17, 15) is 9.18 Å². The van der Waals surface area contributed by atoms with Gasteiger partial charge in [0.15, 0.2) is 11.6 Å². The average molecular weight is 504 g/mol. The van der Waals surface area contributed by atoms with Gasteiger partial charge < -0.3 is 19.9 Å². The minimum Gasteiger partial charge on any atom is -0.435 e. The van der Waals surface area contributed by atoms with Crippen molar-refractivity contribution in [2.45, 2.75) is 52.5 Å². The van der Waals surface area contributed by atoms with E-state index in [1.54, 1.807) is 23.1 Å². The highest BCUT2D eigenvalue weighted by Gasteiger charge is 2.29. The third-order valence-corrected chi connectivity index (χ3v) is 7.24. The maximum absolute atomic E-state index is 14.5. The first-order valence-corrected chi connectivity index (χ1v) is 13.1. The molecule has 1 aromatic heterocycles. The zero-order chi connectivity index (χ0) is 25.9. The summed E-state index contributed by atoms with van der Waals surface area (Å²) in [5.41, 5.74) is 3.53. The number of nitrogens with one attached hydrogen (secondary N) is 1. The van der Waals surface area contributed by atoms with Crippen molar-refractivity contribution in [3.8, 4) is 11.6 Å². The highest BCUT2D eigenvalue weighted by molar-refractivity contribution is 5.89. The lowest BCUT2D eigenvalue weighted by Gasteiger charge is -2.33. The summed E-state index contributed by atoms with van der Waals surface area (Å²) in [5, 5.41) is 2.99. The van der Waals surface area contributed by atoms with Crippen LogP contribution >= 0.6 is 0 Å². The molecule has 0 aliphatic carbocycles. The first-order valence-electron chi connectivity index (χ1n) is 13.1. The molecule has 8 heteroatoms. The first kappa shape index (κ1) is 25.0. The van der Waals surface area contributed by atoms with Crippen molar-refractivity contribution in [2.24, 2.45) is 5.92 Å². The van der Waals surface area contributed by atoms with Gasteiger partial charge >= 0.3 is 6.03 Å². The summed E-state index contributed by atoms with van der Waals surface area (Å²) in [7, 11) is 0. The largest absolute Gasteiger partial charge is 0.435 e. The molecular weight excluding hydrogens is 469 g/mol. The molecule has 0 bridgehead atoms. The number of rotatable bonds is 5. The normalized spacial score (nSPS) is 16.0. The second kappa shape index (κ2) is 10.7. The maximum atomic E-state index is 14.5. The number of anilines is 2. The lowest BCUT2D eigenvalue weighted by atomic mass is 9.99. The third kappa shape index (κ3) is 5.68. The SMILES string of the molecule is CC1CCN(c2nc3c(c(Oc4ccccc4F)n2)CN(C(=O)Nc2ccc(C(C)C)cc2)CC3)CC1. The first-order chi connectivity index (χ1) is 17.9. The van der Waals surface area contributed by atoms with Crippen LogP contribution in [0.5, 0.6) is 11.6 Å². The fourth-order valence-corrected chi connectivity index (χ4v) is 4.76. The monoisotopic (exact) mass is 503 g/mol. The molecule has 2 amide bonds. The number of fused-ring (bicyclic) bond motifs is 1. The molecule has 0 unspecified atom stereocenters. The Bertz CT molecular complexity index is 1260. The molecule has 1 fully saturated rings. The molecule has 0 saturated carbocycles. The molecule has 2 aliphatic heterocycles. The maximum Gasteiger partial charge on any atom is 0.322 e. The fourth-order valence-electron chi connectivity index (χ4n) is 4.76. The molecule has 37 heavy (non-hydrogen) atoms. The fraction of sp³-hybridized carbons (Fsp3) is 0.414. The van der Waals surface area contributed by atoms with Gasteiger partial charge in [0.2, 0.25) is 11.8 Å². The van der Waals surface area contributed by atoms with Gasteiger partial charge in [-0.05, 0) is 54.5 Å². The summed E-state index contributed by atoms with van der Waals surface area (Å²) in [6.07, 6.45) is 2.73. The van der Waals surface area contributed by atoms with Crippen LogP contribution < -0.4 is 15.0 Å². The van der Waals surface area contributed by atoms with Crippen molar-refractivity contribution < 1.29 is 13.9 Å². The standard InChI is InChI=1S/C29H34FN5O2/c1-19(2)21-8-10-22(11-9-21)31-29(36)35-17-14-25-23(18-35)27(37-26-7-5-4-6-24(26)30)33-28(32-25)34-15-12-20(3)13-16-34/h4-11,19-20H,12-18H2,1-3H3,(H,31,36). The van der Waals surface area contributed by atoms with Crippen LogP contribution in [0.25, 0.3) is 0 Å². The van der Waals surface area contributed by atoms with Crippen LogP contribution in [0.1, 0.15) is 56.4 Å². The van der Waals surface area contributed by atoms with E-state index in [1.807, 2.05) is 24.3 Å². The zero-order valence-corrected chi connectivity index (χ0v) is 21.7. The third-order valence-electron chi connectivity index (χ3n) is 7.24. The molecule has 5 rings (SSSR count). The van der Waals surface area contributed by atoms with Crippen molar-refractivity contribution in [1.82, 2.24) is 14.9 Å². The number of halogens is 1. The number of hydrogen-bond acceptors (Lipinski definition) is 5. The summed E-state index contributed by atoms with van der Waals surface area (Å²) in [4.78, 5) is 26.6. The van der Waals surface area contributed by atoms with E-state index in [4.69, 9.17) is 14.7 Å². The van der Waals surface area contributed by atoms with E-state index in [0.29, 0.717) is 42.2 Å². The molecule has 0 atom stereocenters. The van der Waals surface area contributed by atoms with Crippen LogP contribution in [0, 0.1) is 11.7 Å². The number of benzene rings is 2. The van der Waals surface area contributed by atoms with Gasteiger partial charge in [0, 0.05) is 31.7 Å².